The monoisotopic (exact) mass is 1330 g/mol. The Labute approximate surface area is 572 Å². The molecule has 0 unspecified atom stereocenters. The fourth-order valence-electron chi connectivity index (χ4n) is 17.4. The highest BCUT2D eigenvalue weighted by Crippen LogP contribution is 2.49. The van der Waals surface area contributed by atoms with Crippen LogP contribution in [-0.4, -0.2) is 33.8 Å². The molecule has 5 aromatic heterocycles. The van der Waals surface area contributed by atoms with Crippen molar-refractivity contribution in [2.45, 2.75) is 0 Å². The molecule has 6 aliphatic heterocycles. The summed E-state index contributed by atoms with van der Waals surface area (Å²) in [4.78, 5) is 0. The lowest BCUT2D eigenvalue weighted by Gasteiger charge is -2.37. The van der Waals surface area contributed by atoms with Gasteiger partial charge in [0, 0.05) is 127 Å². The second-order valence-corrected chi connectivity index (χ2v) is 28.7. The molecule has 0 bridgehead atoms. The van der Waals surface area contributed by atoms with Crippen LogP contribution < -0.4 is 76.2 Å². The molecule has 0 saturated carbocycles. The Hall–Kier alpha value is -12.1. The maximum absolute atomic E-state index is 16.5. The number of aromatic nitrogens is 3. The minimum Gasteiger partial charge on any atom is -0.458 e. The minimum absolute atomic E-state index is 0.233. The van der Waals surface area contributed by atoms with E-state index in [2.05, 4.69) is 102 Å². The number of ether oxygens (including phenoxy) is 6. The molecular weight excluding hydrogens is 1300 g/mol. The summed E-state index contributed by atoms with van der Waals surface area (Å²) in [5.74, 6) is 4.78. The number of nitrogens with zero attached hydrogens (tertiary/aromatic N) is 3. The SMILES string of the molecule is Fc1cccc2c3cccc(F)c3n(-c3cc4c5c(c3)Oc3c(sc6ccccc36)B5c3cc5c(cc3O4)Oc3cc(-n4c6ccccc6c6ccccc64)cc4c3B5c3cc5c(cc3O4)Oc3cc(-n4c6c(F)cccc6c6cccc(F)c64)cc4c3B5c3sc5ccccc5c3O4)c12. The molecule has 0 saturated heterocycles. The number of benzene rings is 13. The van der Waals surface area contributed by atoms with Gasteiger partial charge < -0.3 is 42.1 Å². The number of rotatable bonds is 3. The first-order valence-electron chi connectivity index (χ1n) is 32.9. The molecule has 6 aliphatic rings. The van der Waals surface area contributed by atoms with Gasteiger partial charge in [-0.3, -0.25) is 0 Å². The van der Waals surface area contributed by atoms with Gasteiger partial charge in [0.1, 0.15) is 92.3 Å². The standard InChI is InChI=1S/C82H38B3F4N3O6S2/c86-54-21-9-17-44-45-18-10-22-55(87)76(45)91(75(44)54)40-31-66-73-68(33-40)97-79-48-15-3-7-27-70(48)99-81(79)84(73)52-35-50-60(37-62(52)95-66)93-64-29-39(90-58-25-5-1-13-42(58)43-14-2-6-26-59(43)90)30-65-72(64)83(50)51-36-53-63(38-61(51)94-65)96-67-32-41(92-77-46(19-11-23-56(77)88)47-20-12-24-57(89)78(47)92)34-69-74(67)85(53)82-80(98-69)49-16-4-8-28-71(49)100-82/h1-38H. The van der Waals surface area contributed by atoms with Crippen molar-refractivity contribution in [3.63, 3.8) is 0 Å². The van der Waals surface area contributed by atoms with E-state index in [-0.39, 0.29) is 22.1 Å². The van der Waals surface area contributed by atoms with Crippen molar-refractivity contribution in [3.8, 4) is 86.1 Å². The number of hydrogen-bond acceptors (Lipinski definition) is 8. The molecule has 0 N–H and O–H groups in total. The van der Waals surface area contributed by atoms with Crippen LogP contribution in [0.2, 0.25) is 0 Å². The zero-order chi connectivity index (χ0) is 65.4. The van der Waals surface area contributed by atoms with Gasteiger partial charge >= 0.3 is 0 Å². The van der Waals surface area contributed by atoms with E-state index in [0.29, 0.717) is 102 Å². The van der Waals surface area contributed by atoms with Gasteiger partial charge in [-0.05, 0) is 82.5 Å². The first kappa shape index (κ1) is 54.0. The highest BCUT2D eigenvalue weighted by molar-refractivity contribution is 7.33. The summed E-state index contributed by atoms with van der Waals surface area (Å²) in [5.41, 5.74) is 10.6. The molecule has 11 heterocycles. The molecule has 0 atom stereocenters. The Morgan fingerprint density at radius 1 is 0.260 bits per heavy atom. The quantitative estimate of drug-likeness (QED) is 0.130. The van der Waals surface area contributed by atoms with E-state index in [0.717, 1.165) is 95.5 Å². The molecule has 100 heavy (non-hydrogen) atoms. The molecule has 0 fully saturated rings. The predicted molar refractivity (Wildman–Crippen MR) is 393 cm³/mol. The first-order valence-corrected chi connectivity index (χ1v) is 34.6. The summed E-state index contributed by atoms with van der Waals surface area (Å²) < 4.78 is 119. The summed E-state index contributed by atoms with van der Waals surface area (Å²) >= 11 is 3.34. The van der Waals surface area contributed by atoms with Gasteiger partial charge in [-0.2, -0.15) is 0 Å². The average molecular weight is 1330 g/mol. The van der Waals surface area contributed by atoms with Crippen LogP contribution in [0.25, 0.3) is 103 Å². The van der Waals surface area contributed by atoms with Gasteiger partial charge in [0.05, 0.1) is 50.2 Å². The van der Waals surface area contributed by atoms with Crippen molar-refractivity contribution in [2.75, 3.05) is 0 Å². The molecule has 466 valence electrons. The Balaban J connectivity index is 0.744. The van der Waals surface area contributed by atoms with E-state index in [9.17, 15) is 0 Å². The molecule has 9 nitrogen and oxygen atoms in total. The van der Waals surface area contributed by atoms with E-state index in [1.807, 2.05) is 84.9 Å². The molecule has 18 aromatic rings. The van der Waals surface area contributed by atoms with Gasteiger partial charge in [-0.15, -0.1) is 22.7 Å². The summed E-state index contributed by atoms with van der Waals surface area (Å²) in [5, 5.41) is 6.36. The molecule has 18 heteroatoms. The van der Waals surface area contributed by atoms with Gasteiger partial charge in [0.15, 0.2) is 0 Å². The second-order valence-electron chi connectivity index (χ2n) is 26.5. The van der Waals surface area contributed by atoms with Gasteiger partial charge in [0.25, 0.3) is 20.1 Å². The minimum atomic E-state index is -0.504. The number of halogens is 4. The second kappa shape index (κ2) is 19.0. The van der Waals surface area contributed by atoms with Crippen LogP contribution in [0.1, 0.15) is 0 Å². The molecule has 0 aliphatic carbocycles. The molecule has 24 rings (SSSR count). The fourth-order valence-corrected chi connectivity index (χ4v) is 20.0. The fraction of sp³-hybridized carbons (Fsp3) is 0. The summed E-state index contributed by atoms with van der Waals surface area (Å²) in [6.45, 7) is -1.37. The van der Waals surface area contributed by atoms with Crippen LogP contribution in [0.3, 0.4) is 0 Å². The largest absolute Gasteiger partial charge is 0.458 e. The lowest BCUT2D eigenvalue weighted by molar-refractivity contribution is 0.448. The van der Waals surface area contributed by atoms with Crippen molar-refractivity contribution in [2.24, 2.45) is 0 Å². The predicted octanol–water partition coefficient (Wildman–Crippen LogP) is 16.1. The summed E-state index contributed by atoms with van der Waals surface area (Å²) in [6, 6.07) is 72.9. The molecule has 0 spiro atoms. The van der Waals surface area contributed by atoms with E-state index < -0.39 is 43.4 Å². The van der Waals surface area contributed by atoms with Gasteiger partial charge in [0.2, 0.25) is 0 Å². The zero-order valence-electron chi connectivity index (χ0n) is 51.8. The molecule has 13 aromatic carbocycles. The van der Waals surface area contributed by atoms with Crippen molar-refractivity contribution in [1.82, 2.24) is 13.7 Å². The maximum Gasteiger partial charge on any atom is 0.273 e. The van der Waals surface area contributed by atoms with Crippen LogP contribution in [0, 0.1) is 23.3 Å². The van der Waals surface area contributed by atoms with E-state index in [1.54, 1.807) is 56.1 Å². The number of fused-ring (bicyclic) bond motifs is 25. The molecule has 0 amide bonds. The Bertz CT molecular complexity index is 6410. The lowest BCUT2D eigenvalue weighted by Crippen LogP contribution is -2.62. The van der Waals surface area contributed by atoms with E-state index in [1.165, 1.54) is 24.3 Å². The third-order valence-electron chi connectivity index (χ3n) is 21.4. The van der Waals surface area contributed by atoms with Crippen LogP contribution in [0.4, 0.5) is 17.6 Å². The summed E-state index contributed by atoms with van der Waals surface area (Å²) in [6.07, 6.45) is 0. The highest BCUT2D eigenvalue weighted by atomic mass is 32.1. The Morgan fingerprint density at radius 2 is 0.560 bits per heavy atom. The zero-order valence-corrected chi connectivity index (χ0v) is 53.4. The first-order chi connectivity index (χ1) is 49.2. The maximum atomic E-state index is 16.5. The van der Waals surface area contributed by atoms with Crippen molar-refractivity contribution in [3.05, 3.63) is 254 Å². The molecular formula is C82H38B3F4N3O6S2. The Morgan fingerprint density at radius 3 is 0.940 bits per heavy atom. The lowest BCUT2D eigenvalue weighted by atomic mass is 9.31. The van der Waals surface area contributed by atoms with E-state index in [4.69, 9.17) is 28.4 Å². The van der Waals surface area contributed by atoms with Crippen molar-refractivity contribution in [1.29, 1.82) is 0 Å². The topological polar surface area (TPSA) is 70.2 Å². The average Bonchev–Trinajstić information content (AvgIpc) is 0.891. The third kappa shape index (κ3) is 6.88. The van der Waals surface area contributed by atoms with E-state index >= 15 is 17.6 Å². The van der Waals surface area contributed by atoms with Crippen LogP contribution in [0.15, 0.2) is 231 Å². The summed E-state index contributed by atoms with van der Waals surface area (Å²) in [7, 11) is 0. The third-order valence-corrected chi connectivity index (χ3v) is 23.9. The smallest absolute Gasteiger partial charge is 0.273 e. The van der Waals surface area contributed by atoms with Crippen LogP contribution >= 0.6 is 22.7 Å². The highest BCUT2D eigenvalue weighted by Gasteiger charge is 2.50. The number of para-hydroxylation sites is 6. The van der Waals surface area contributed by atoms with Gasteiger partial charge in [-0.1, -0.05) is 121 Å². The number of thiophene rings is 2. The van der Waals surface area contributed by atoms with Crippen LogP contribution in [-0.2, 0) is 0 Å². The van der Waals surface area contributed by atoms with Crippen LogP contribution in [0.5, 0.6) is 69.0 Å². The van der Waals surface area contributed by atoms with Crippen molar-refractivity contribution < 1.29 is 46.0 Å². The van der Waals surface area contributed by atoms with Gasteiger partial charge in [-0.25, -0.2) is 17.6 Å². The van der Waals surface area contributed by atoms with Crippen molar-refractivity contribution >= 4 is 176 Å². The normalized spacial score (nSPS) is 13.8. The number of hydrogen-bond donors (Lipinski definition) is 0. The molecule has 0 radical (unpaired) electrons. The Kier molecular flexibility index (Phi) is 10.2.